The summed E-state index contributed by atoms with van der Waals surface area (Å²) in [6.45, 7) is 0. The summed E-state index contributed by atoms with van der Waals surface area (Å²) in [6, 6.07) is 0.379. The first-order chi connectivity index (χ1) is 12.2. The van der Waals surface area contributed by atoms with Crippen LogP contribution in [0.15, 0.2) is 116 Å². The van der Waals surface area contributed by atoms with Gasteiger partial charge in [-0.2, -0.15) is 0 Å². The molecule has 0 spiro atoms. The van der Waals surface area contributed by atoms with E-state index < -0.39 is 0 Å². The number of nitrogens with zero attached hydrogens (tertiary/aromatic N) is 4. The zero-order chi connectivity index (χ0) is 16.8. The third-order valence-electron chi connectivity index (χ3n) is 3.84. The minimum Gasteiger partial charge on any atom is -1.00 e. The number of allylic oxidation sites excluding steroid dienone is 12. The molecule has 5 heteroatoms. The van der Waals surface area contributed by atoms with Gasteiger partial charge in [-0.25, -0.2) is 20.0 Å². The van der Waals surface area contributed by atoms with Gasteiger partial charge in [0.1, 0.15) is 0 Å². The normalized spacial score (nSPS) is 22.7. The average molecular weight is 333 g/mol. The average Bonchev–Trinajstić information content (AvgIpc) is 3.33. The Labute approximate surface area is 170 Å². The molecule has 5 aliphatic heterocycles. The molecule has 5 aliphatic rings. The first-order valence-electron chi connectivity index (χ1n) is 8.16. The quantitative estimate of drug-likeness (QED) is 0.586. The summed E-state index contributed by atoms with van der Waals surface area (Å²) < 4.78 is 8.11. The Bertz CT molecular complexity index is 1090. The predicted octanol–water partition coefficient (Wildman–Crippen LogP) is 0.695. The molecular weight excluding hydrogens is 319 g/mol. The van der Waals surface area contributed by atoms with E-state index in [0.717, 1.165) is 39.9 Å². The number of fused-ring (bicyclic) bond motifs is 4. The maximum Gasteiger partial charge on any atom is 1.00 e. The number of hydrogen-bond acceptors (Lipinski definition) is 4. The maximum absolute atomic E-state index is 8.11. The van der Waals surface area contributed by atoms with Crippen LogP contribution in [0, 0.1) is 0 Å². The van der Waals surface area contributed by atoms with E-state index in [9.17, 15) is 0 Å². The van der Waals surface area contributed by atoms with Gasteiger partial charge in [0.25, 0.3) is 0 Å². The van der Waals surface area contributed by atoms with E-state index in [0.29, 0.717) is 11.7 Å². The Morgan fingerprint density at radius 2 is 0.880 bits per heavy atom. The molecule has 0 unspecified atom stereocenters. The zero-order valence-corrected chi connectivity index (χ0v) is 15.6. The molecule has 5 heterocycles. The van der Waals surface area contributed by atoms with Gasteiger partial charge in [0.2, 0.25) is 0 Å². The van der Waals surface area contributed by atoms with Gasteiger partial charge in [-0.15, -0.1) is 0 Å². The smallest absolute Gasteiger partial charge is 1.00 e. The number of aliphatic imine (C=N–C) groups is 4. The zero-order valence-electron chi connectivity index (χ0n) is 15.6. The summed E-state index contributed by atoms with van der Waals surface area (Å²) in [5.74, 6) is 0. The second kappa shape index (κ2) is 6.48. The van der Waals surface area contributed by atoms with Crippen molar-refractivity contribution in [2.45, 2.75) is 0 Å². The summed E-state index contributed by atoms with van der Waals surface area (Å²) >= 11 is 0. The van der Waals surface area contributed by atoms with Crippen molar-refractivity contribution < 1.29 is 32.4 Å². The van der Waals surface area contributed by atoms with Crippen molar-refractivity contribution in [3.05, 3.63) is 95.7 Å². The molecule has 4 nitrogen and oxygen atoms in total. The second-order valence-corrected chi connectivity index (χ2v) is 5.67. The first kappa shape index (κ1) is 14.9. The topological polar surface area (TPSA) is 49.4 Å². The Balaban J connectivity index is 0.00000105. The number of rotatable bonds is 0. The van der Waals surface area contributed by atoms with Crippen molar-refractivity contribution in [2.75, 3.05) is 0 Å². The van der Waals surface area contributed by atoms with Gasteiger partial charge in [-0.3, -0.25) is 0 Å². The Morgan fingerprint density at radius 1 is 0.520 bits per heavy atom. The fraction of sp³-hybridized carbons (Fsp3) is 0. The van der Waals surface area contributed by atoms with Crippen molar-refractivity contribution in [2.24, 2.45) is 20.0 Å². The van der Waals surface area contributed by atoms with Gasteiger partial charge in [-0.1, -0.05) is 0 Å². The molecule has 8 bridgehead atoms. The van der Waals surface area contributed by atoms with Crippen LogP contribution in [0.25, 0.3) is 0 Å². The van der Waals surface area contributed by atoms with Gasteiger partial charge in [0.15, 0.2) is 0 Å². The van der Waals surface area contributed by atoms with E-state index in [1.807, 2.05) is 60.8 Å². The molecule has 0 saturated heterocycles. The predicted molar refractivity (Wildman–Crippen MR) is 99.7 cm³/mol. The summed E-state index contributed by atoms with van der Waals surface area (Å²) in [5.41, 5.74) is 6.33. The Hall–Kier alpha value is -2.40. The van der Waals surface area contributed by atoms with E-state index in [2.05, 4.69) is 20.0 Å². The molecule has 0 aromatic rings. The first-order valence-corrected chi connectivity index (χ1v) is 7.66. The molecule has 0 radical (unpaired) electrons. The van der Waals surface area contributed by atoms with Crippen molar-refractivity contribution in [3.63, 3.8) is 0 Å². The molecule has 0 fully saturated rings. The molecule has 0 saturated carbocycles. The Morgan fingerprint density at radius 3 is 1.36 bits per heavy atom. The van der Waals surface area contributed by atoms with Gasteiger partial charge in [0, 0.05) is 0 Å². The summed E-state index contributed by atoms with van der Waals surface area (Å²) in [7, 11) is 0. The van der Waals surface area contributed by atoms with Gasteiger partial charge >= 0.3 is 29.6 Å². The van der Waals surface area contributed by atoms with Crippen molar-refractivity contribution in [3.8, 4) is 0 Å². The monoisotopic (exact) mass is 333 g/mol. The van der Waals surface area contributed by atoms with Gasteiger partial charge < -0.3 is 1.43 Å². The molecule has 0 aromatic heterocycles. The van der Waals surface area contributed by atoms with Crippen molar-refractivity contribution >= 4 is 22.8 Å². The summed E-state index contributed by atoms with van der Waals surface area (Å²) in [4.78, 5) is 18.2. The molecule has 0 aliphatic carbocycles. The fourth-order valence-corrected chi connectivity index (χ4v) is 2.76. The van der Waals surface area contributed by atoms with Crippen LogP contribution < -0.4 is 29.6 Å². The minimum absolute atomic E-state index is 0. The van der Waals surface area contributed by atoms with Crippen LogP contribution in [-0.2, 0) is 0 Å². The Kier molecular flexibility index (Phi) is 3.86. The molecule has 5 rings (SSSR count). The standard InChI is InChI=1S/C20H12N4.Na.H/c1-2-14-10-16-5-6-18(23-16)12-20-8-7-19(24-20)11-17-4-3-15(22-17)9-13(1)21-14;;/h1-12H;;/q;+1;-1/i1D;;. The maximum atomic E-state index is 8.11. The van der Waals surface area contributed by atoms with Crippen LogP contribution in [0.4, 0.5) is 0 Å². The second-order valence-electron chi connectivity index (χ2n) is 5.67. The van der Waals surface area contributed by atoms with Gasteiger partial charge in [0.05, 0.1) is 47.0 Å². The SMILES string of the molecule is [2H]C1=CC2=NC1=CC1=NC(=CC3=NC(=CC4=NC(=C2)C=C4)C=C3)C=C1.[H-].[Na+]. The molecule has 0 amide bonds. The molecule has 114 valence electrons. The summed E-state index contributed by atoms with van der Waals surface area (Å²) in [6.07, 6.45) is 21.0. The molecule has 0 aromatic carbocycles. The van der Waals surface area contributed by atoms with Crippen LogP contribution in [-0.4, -0.2) is 22.8 Å². The number of hydrogen-bond donors (Lipinski definition) is 0. The van der Waals surface area contributed by atoms with E-state index >= 15 is 0 Å². The van der Waals surface area contributed by atoms with Crippen LogP contribution >= 0.6 is 0 Å². The van der Waals surface area contributed by atoms with Crippen molar-refractivity contribution in [1.82, 2.24) is 0 Å². The van der Waals surface area contributed by atoms with Crippen LogP contribution in [0.5, 0.6) is 0 Å². The third-order valence-corrected chi connectivity index (χ3v) is 3.84. The van der Waals surface area contributed by atoms with Gasteiger partial charge in [-0.05, 0) is 72.9 Å². The summed E-state index contributed by atoms with van der Waals surface area (Å²) in [5, 5.41) is 0. The van der Waals surface area contributed by atoms with Crippen LogP contribution in [0.1, 0.15) is 2.80 Å². The van der Waals surface area contributed by atoms with E-state index in [1.54, 1.807) is 6.08 Å². The molecule has 25 heavy (non-hydrogen) atoms. The van der Waals surface area contributed by atoms with Crippen LogP contribution in [0.2, 0.25) is 0 Å². The fourth-order valence-electron chi connectivity index (χ4n) is 2.76. The largest absolute Gasteiger partial charge is 1.00 e. The van der Waals surface area contributed by atoms with E-state index in [4.69, 9.17) is 1.37 Å². The minimum atomic E-state index is 0. The van der Waals surface area contributed by atoms with E-state index in [-0.39, 0.29) is 31.0 Å². The third kappa shape index (κ3) is 3.37. The van der Waals surface area contributed by atoms with E-state index in [1.165, 1.54) is 0 Å². The molecule has 0 N–H and O–H groups in total. The van der Waals surface area contributed by atoms with Crippen LogP contribution in [0.3, 0.4) is 0 Å². The van der Waals surface area contributed by atoms with Crippen molar-refractivity contribution in [1.29, 1.82) is 0 Å². The molecule has 0 atom stereocenters. The molecular formula is C20H13N4Na.